The number of thiophene rings is 1. The van der Waals surface area contributed by atoms with Crippen molar-refractivity contribution in [2.45, 2.75) is 32.0 Å². The molecule has 0 atom stereocenters. The molecule has 1 aliphatic carbocycles. The molecule has 136 valence electrons. The van der Waals surface area contributed by atoms with Gasteiger partial charge in [0.1, 0.15) is 5.82 Å². The zero-order valence-corrected chi connectivity index (χ0v) is 15.5. The lowest BCUT2D eigenvalue weighted by molar-refractivity contribution is 0.0751. The van der Waals surface area contributed by atoms with Crippen LogP contribution in [0.1, 0.15) is 33.0 Å². The molecule has 3 heterocycles. The molecule has 0 bridgehead atoms. The Balaban J connectivity index is 1.21. The summed E-state index contributed by atoms with van der Waals surface area (Å²) in [5.74, 6) is -0.0466. The molecular formula is C20H22FN3OS. The van der Waals surface area contributed by atoms with Crippen molar-refractivity contribution in [3.05, 3.63) is 51.5 Å². The second kappa shape index (κ2) is 6.35. The molecule has 1 amide bonds. The molecule has 1 aromatic carbocycles. The topological polar surface area (TPSA) is 26.8 Å². The Labute approximate surface area is 156 Å². The molecule has 1 saturated carbocycles. The van der Waals surface area contributed by atoms with Gasteiger partial charge in [-0.25, -0.2) is 4.39 Å². The predicted molar refractivity (Wildman–Crippen MR) is 101 cm³/mol. The zero-order valence-electron chi connectivity index (χ0n) is 14.7. The summed E-state index contributed by atoms with van der Waals surface area (Å²) in [6.45, 7) is 5.05. The Hall–Kier alpha value is -1.92. The van der Waals surface area contributed by atoms with E-state index in [0.717, 1.165) is 42.8 Å². The summed E-state index contributed by atoms with van der Waals surface area (Å²) in [6, 6.07) is 9.51. The Morgan fingerprint density at radius 3 is 2.42 bits per heavy atom. The standard InChI is InChI=1S/C20H22FN3OS/c21-15-1-3-16(4-2-15)22-7-9-23(10-8-22)20(25)18-11-14-12-24(17-5-6-17)13-19(14)26-18/h1-4,11,17H,5-10,12-13H2. The number of fused-ring (bicyclic) bond motifs is 1. The van der Waals surface area contributed by atoms with Crippen LogP contribution in [0.4, 0.5) is 10.1 Å². The van der Waals surface area contributed by atoms with Crippen molar-refractivity contribution in [1.29, 1.82) is 0 Å². The van der Waals surface area contributed by atoms with Crippen molar-refractivity contribution in [2.75, 3.05) is 31.1 Å². The summed E-state index contributed by atoms with van der Waals surface area (Å²) >= 11 is 1.68. The van der Waals surface area contributed by atoms with E-state index in [0.29, 0.717) is 13.1 Å². The van der Waals surface area contributed by atoms with Gasteiger partial charge in [-0.15, -0.1) is 11.3 Å². The van der Waals surface area contributed by atoms with E-state index in [-0.39, 0.29) is 11.7 Å². The lowest BCUT2D eigenvalue weighted by atomic mass is 10.2. The van der Waals surface area contributed by atoms with E-state index in [4.69, 9.17) is 0 Å². The highest BCUT2D eigenvalue weighted by Gasteiger charge is 2.35. The van der Waals surface area contributed by atoms with Gasteiger partial charge in [-0.2, -0.15) is 0 Å². The van der Waals surface area contributed by atoms with Crippen LogP contribution in [0, 0.1) is 5.82 Å². The summed E-state index contributed by atoms with van der Waals surface area (Å²) < 4.78 is 13.1. The normalized spacial score (nSPS) is 20.5. The molecule has 4 nitrogen and oxygen atoms in total. The van der Waals surface area contributed by atoms with E-state index in [1.807, 2.05) is 17.0 Å². The number of amides is 1. The summed E-state index contributed by atoms with van der Waals surface area (Å²) in [6.07, 6.45) is 2.66. The van der Waals surface area contributed by atoms with Crippen molar-refractivity contribution < 1.29 is 9.18 Å². The SMILES string of the molecule is O=C(c1cc2c(s1)CN(C1CC1)C2)N1CCN(c2ccc(F)cc2)CC1. The number of hydrogen-bond donors (Lipinski definition) is 0. The van der Waals surface area contributed by atoms with Gasteiger partial charge >= 0.3 is 0 Å². The molecule has 5 rings (SSSR count). The Kier molecular flexibility index (Phi) is 3.98. The largest absolute Gasteiger partial charge is 0.368 e. The number of carbonyl (C=O) groups excluding carboxylic acids is 1. The quantitative estimate of drug-likeness (QED) is 0.828. The Morgan fingerprint density at radius 1 is 1.04 bits per heavy atom. The molecule has 1 aromatic heterocycles. The monoisotopic (exact) mass is 371 g/mol. The van der Waals surface area contributed by atoms with E-state index in [1.165, 1.54) is 35.4 Å². The highest BCUT2D eigenvalue weighted by atomic mass is 32.1. The summed E-state index contributed by atoms with van der Waals surface area (Å²) in [5, 5.41) is 0. The molecule has 0 spiro atoms. The van der Waals surface area contributed by atoms with Crippen LogP contribution < -0.4 is 4.90 Å². The van der Waals surface area contributed by atoms with Crippen molar-refractivity contribution >= 4 is 22.9 Å². The average molecular weight is 371 g/mol. The third-order valence-electron chi connectivity index (χ3n) is 5.65. The third-order valence-corrected chi connectivity index (χ3v) is 6.80. The van der Waals surface area contributed by atoms with Crippen LogP contribution in [0.2, 0.25) is 0 Å². The number of anilines is 1. The van der Waals surface area contributed by atoms with Gasteiger partial charge in [0.15, 0.2) is 0 Å². The molecule has 1 saturated heterocycles. The fourth-order valence-corrected chi connectivity index (χ4v) is 5.14. The lowest BCUT2D eigenvalue weighted by Crippen LogP contribution is -2.48. The molecule has 2 aliphatic heterocycles. The minimum Gasteiger partial charge on any atom is -0.368 e. The highest BCUT2D eigenvalue weighted by Crippen LogP contribution is 2.38. The van der Waals surface area contributed by atoms with Crippen LogP contribution in [-0.4, -0.2) is 47.9 Å². The third kappa shape index (κ3) is 3.01. The van der Waals surface area contributed by atoms with Gasteiger partial charge in [0.2, 0.25) is 0 Å². The van der Waals surface area contributed by atoms with E-state index in [2.05, 4.69) is 15.9 Å². The number of carbonyl (C=O) groups is 1. The van der Waals surface area contributed by atoms with Crippen LogP contribution >= 0.6 is 11.3 Å². The van der Waals surface area contributed by atoms with Gasteiger partial charge in [0.05, 0.1) is 4.88 Å². The number of halogens is 1. The van der Waals surface area contributed by atoms with Crippen LogP contribution in [0.15, 0.2) is 30.3 Å². The minimum absolute atomic E-state index is 0.168. The first-order valence-electron chi connectivity index (χ1n) is 9.33. The molecule has 6 heteroatoms. The molecular weight excluding hydrogens is 349 g/mol. The number of rotatable bonds is 3. The maximum absolute atomic E-state index is 13.1. The van der Waals surface area contributed by atoms with E-state index in [9.17, 15) is 9.18 Å². The lowest BCUT2D eigenvalue weighted by Gasteiger charge is -2.36. The molecule has 0 unspecified atom stereocenters. The Morgan fingerprint density at radius 2 is 1.77 bits per heavy atom. The van der Waals surface area contributed by atoms with Gasteiger partial charge in [-0.05, 0) is 48.7 Å². The molecule has 26 heavy (non-hydrogen) atoms. The fourth-order valence-electron chi connectivity index (χ4n) is 3.97. The molecule has 2 fully saturated rings. The second-order valence-corrected chi connectivity index (χ2v) is 8.59. The molecule has 2 aromatic rings. The molecule has 0 N–H and O–H groups in total. The van der Waals surface area contributed by atoms with Crippen LogP contribution in [0.3, 0.4) is 0 Å². The second-order valence-electron chi connectivity index (χ2n) is 7.45. The zero-order chi connectivity index (χ0) is 17.7. The first-order valence-corrected chi connectivity index (χ1v) is 10.1. The van der Waals surface area contributed by atoms with Gasteiger partial charge in [0.25, 0.3) is 5.91 Å². The van der Waals surface area contributed by atoms with Crippen LogP contribution in [0.5, 0.6) is 0 Å². The Bertz CT molecular complexity index is 799. The van der Waals surface area contributed by atoms with Crippen molar-refractivity contribution in [3.8, 4) is 0 Å². The first kappa shape index (κ1) is 16.3. The van der Waals surface area contributed by atoms with Crippen molar-refractivity contribution in [1.82, 2.24) is 9.80 Å². The number of benzene rings is 1. The number of piperazine rings is 1. The minimum atomic E-state index is -0.214. The maximum atomic E-state index is 13.1. The van der Waals surface area contributed by atoms with Crippen LogP contribution in [0.25, 0.3) is 0 Å². The van der Waals surface area contributed by atoms with Gasteiger partial charge in [0, 0.05) is 55.9 Å². The summed E-state index contributed by atoms with van der Waals surface area (Å²) in [5.41, 5.74) is 2.38. The van der Waals surface area contributed by atoms with Gasteiger partial charge in [-0.3, -0.25) is 9.69 Å². The first-order chi connectivity index (χ1) is 12.7. The number of hydrogen-bond acceptors (Lipinski definition) is 4. The van der Waals surface area contributed by atoms with E-state index < -0.39 is 0 Å². The number of nitrogens with zero attached hydrogens (tertiary/aromatic N) is 3. The maximum Gasteiger partial charge on any atom is 0.264 e. The molecule has 0 radical (unpaired) electrons. The van der Waals surface area contributed by atoms with Gasteiger partial charge in [-0.1, -0.05) is 0 Å². The van der Waals surface area contributed by atoms with E-state index in [1.54, 1.807) is 11.3 Å². The van der Waals surface area contributed by atoms with Gasteiger partial charge < -0.3 is 9.80 Å². The van der Waals surface area contributed by atoms with Crippen LogP contribution in [-0.2, 0) is 13.1 Å². The predicted octanol–water partition coefficient (Wildman–Crippen LogP) is 3.33. The summed E-state index contributed by atoms with van der Waals surface area (Å²) in [4.78, 5) is 21.9. The smallest absolute Gasteiger partial charge is 0.264 e. The van der Waals surface area contributed by atoms with Crippen molar-refractivity contribution in [3.63, 3.8) is 0 Å². The van der Waals surface area contributed by atoms with E-state index >= 15 is 0 Å². The fraction of sp³-hybridized carbons (Fsp3) is 0.450. The molecule has 3 aliphatic rings. The average Bonchev–Trinajstić information content (AvgIpc) is 3.32. The summed E-state index contributed by atoms with van der Waals surface area (Å²) in [7, 11) is 0. The van der Waals surface area contributed by atoms with Crippen molar-refractivity contribution in [2.24, 2.45) is 0 Å². The highest BCUT2D eigenvalue weighted by molar-refractivity contribution is 7.14.